The van der Waals surface area contributed by atoms with Gasteiger partial charge in [0.2, 0.25) is 5.91 Å². The van der Waals surface area contributed by atoms with Crippen LogP contribution in [0.4, 0.5) is 0 Å². The molecule has 0 saturated carbocycles. The third-order valence-electron chi connectivity index (χ3n) is 4.80. The molecule has 0 aliphatic rings. The van der Waals surface area contributed by atoms with Crippen LogP contribution in [-0.4, -0.2) is 18.2 Å². The fraction of sp³-hybridized carbons (Fsp3) is 0.200. The molecule has 3 aromatic carbocycles. The van der Waals surface area contributed by atoms with Gasteiger partial charge in [0, 0.05) is 12.1 Å². The fourth-order valence-electron chi connectivity index (χ4n) is 3.08. The van der Waals surface area contributed by atoms with Gasteiger partial charge in [0.05, 0.1) is 6.42 Å². The molecule has 1 N–H and O–H groups in total. The first-order valence-electron chi connectivity index (χ1n) is 9.69. The van der Waals surface area contributed by atoms with Crippen LogP contribution in [0.5, 0.6) is 0 Å². The molecule has 28 heavy (non-hydrogen) atoms. The van der Waals surface area contributed by atoms with E-state index in [2.05, 4.69) is 36.5 Å². The highest BCUT2D eigenvalue weighted by Gasteiger charge is 2.11. The lowest BCUT2D eigenvalue weighted by Gasteiger charge is -2.07. The van der Waals surface area contributed by atoms with Gasteiger partial charge in [-0.2, -0.15) is 0 Å². The molecule has 0 aliphatic carbocycles. The summed E-state index contributed by atoms with van der Waals surface area (Å²) in [6.07, 6.45) is 1.65. The molecule has 0 aliphatic heterocycles. The summed E-state index contributed by atoms with van der Waals surface area (Å²) >= 11 is 0. The first-order valence-corrected chi connectivity index (χ1v) is 9.69. The summed E-state index contributed by atoms with van der Waals surface area (Å²) in [5.74, 6) is -0.397. The van der Waals surface area contributed by atoms with Crippen LogP contribution in [0.2, 0.25) is 0 Å². The number of ketones is 1. The van der Waals surface area contributed by atoms with E-state index in [9.17, 15) is 9.59 Å². The van der Waals surface area contributed by atoms with Crippen molar-refractivity contribution < 1.29 is 9.59 Å². The third kappa shape index (κ3) is 5.40. The Morgan fingerprint density at radius 3 is 2.00 bits per heavy atom. The first-order chi connectivity index (χ1) is 13.7. The van der Waals surface area contributed by atoms with Crippen LogP contribution in [0.15, 0.2) is 78.9 Å². The van der Waals surface area contributed by atoms with Crippen LogP contribution in [0, 0.1) is 0 Å². The van der Waals surface area contributed by atoms with Gasteiger partial charge in [0.15, 0.2) is 5.78 Å². The van der Waals surface area contributed by atoms with Crippen LogP contribution in [0.3, 0.4) is 0 Å². The van der Waals surface area contributed by atoms with Gasteiger partial charge in [0.1, 0.15) is 0 Å². The van der Waals surface area contributed by atoms with Gasteiger partial charge >= 0.3 is 0 Å². The van der Waals surface area contributed by atoms with Crippen molar-refractivity contribution in [3.63, 3.8) is 0 Å². The van der Waals surface area contributed by atoms with Gasteiger partial charge in [-0.25, -0.2) is 0 Å². The number of benzene rings is 3. The van der Waals surface area contributed by atoms with E-state index >= 15 is 0 Å². The van der Waals surface area contributed by atoms with Gasteiger partial charge in [0.25, 0.3) is 0 Å². The normalized spacial score (nSPS) is 10.5. The molecular weight excluding hydrogens is 346 g/mol. The van der Waals surface area contributed by atoms with E-state index in [1.54, 1.807) is 12.1 Å². The topological polar surface area (TPSA) is 46.2 Å². The average Bonchev–Trinajstić information content (AvgIpc) is 2.75. The molecule has 142 valence electrons. The molecular formula is C25H25NO2. The van der Waals surface area contributed by atoms with Crippen molar-refractivity contribution >= 4 is 11.7 Å². The molecule has 0 heterocycles. The fourth-order valence-corrected chi connectivity index (χ4v) is 3.08. The molecule has 3 aromatic rings. The summed E-state index contributed by atoms with van der Waals surface area (Å²) in [6.45, 7) is 2.66. The Kier molecular flexibility index (Phi) is 6.74. The number of hydrogen-bond donors (Lipinski definition) is 1. The zero-order valence-electron chi connectivity index (χ0n) is 16.2. The molecule has 0 unspecified atom stereocenters. The zero-order valence-corrected chi connectivity index (χ0v) is 16.2. The Morgan fingerprint density at radius 2 is 1.36 bits per heavy atom. The van der Waals surface area contributed by atoms with Crippen molar-refractivity contribution in [2.75, 3.05) is 6.54 Å². The minimum atomic E-state index is -0.234. The Hall–Kier alpha value is -3.20. The van der Waals surface area contributed by atoms with Crippen molar-refractivity contribution in [2.24, 2.45) is 0 Å². The molecule has 0 radical (unpaired) electrons. The van der Waals surface area contributed by atoms with Crippen LogP contribution < -0.4 is 5.32 Å². The van der Waals surface area contributed by atoms with Gasteiger partial charge in [-0.3, -0.25) is 9.59 Å². The van der Waals surface area contributed by atoms with Crippen molar-refractivity contribution in [3.05, 3.63) is 95.6 Å². The van der Waals surface area contributed by atoms with Crippen LogP contribution >= 0.6 is 0 Å². The molecule has 0 fully saturated rings. The lowest BCUT2D eigenvalue weighted by atomic mass is 10.0. The number of carbonyl (C=O) groups is 2. The van der Waals surface area contributed by atoms with E-state index in [1.165, 1.54) is 11.1 Å². The maximum Gasteiger partial charge on any atom is 0.227 e. The number of Topliss-reactive ketones (excluding diaryl/α,β-unsaturated/α-hetero) is 1. The van der Waals surface area contributed by atoms with E-state index in [4.69, 9.17) is 0 Å². The van der Waals surface area contributed by atoms with Gasteiger partial charge in [-0.15, -0.1) is 0 Å². The Labute approximate surface area is 166 Å². The molecule has 3 rings (SSSR count). The number of hydrogen-bond acceptors (Lipinski definition) is 2. The molecule has 3 heteroatoms. The van der Waals surface area contributed by atoms with Gasteiger partial charge in [-0.05, 0) is 35.1 Å². The predicted molar refractivity (Wildman–Crippen MR) is 113 cm³/mol. The predicted octanol–water partition coefficient (Wildman–Crippen LogP) is 4.85. The maximum absolute atomic E-state index is 12.3. The lowest BCUT2D eigenvalue weighted by molar-refractivity contribution is -0.120. The van der Waals surface area contributed by atoms with Crippen molar-refractivity contribution in [1.82, 2.24) is 5.32 Å². The second-order valence-electron chi connectivity index (χ2n) is 6.81. The minimum absolute atomic E-state index is 0.126. The Bertz CT molecular complexity index is 913. The molecule has 1 amide bonds. The highest BCUT2D eigenvalue weighted by molar-refractivity contribution is 6.07. The van der Waals surface area contributed by atoms with Crippen LogP contribution in [0.1, 0.15) is 34.8 Å². The van der Waals surface area contributed by atoms with Gasteiger partial charge < -0.3 is 5.32 Å². The van der Waals surface area contributed by atoms with Crippen LogP contribution in [-0.2, 0) is 17.6 Å². The van der Waals surface area contributed by atoms with Crippen LogP contribution in [0.25, 0.3) is 11.1 Å². The number of aryl methyl sites for hydroxylation is 1. The third-order valence-corrected chi connectivity index (χ3v) is 4.80. The molecule has 0 bridgehead atoms. The average molecular weight is 371 g/mol. The molecule has 3 nitrogen and oxygen atoms in total. The Balaban J connectivity index is 1.47. The number of nitrogens with one attached hydrogen (secondary N) is 1. The second-order valence-corrected chi connectivity index (χ2v) is 6.81. The largest absolute Gasteiger partial charge is 0.355 e. The number of rotatable bonds is 8. The summed E-state index contributed by atoms with van der Waals surface area (Å²) in [7, 11) is 0. The quantitative estimate of drug-likeness (QED) is 0.455. The summed E-state index contributed by atoms with van der Waals surface area (Å²) in [5, 5.41) is 2.84. The van der Waals surface area contributed by atoms with Crippen molar-refractivity contribution in [2.45, 2.75) is 26.2 Å². The monoisotopic (exact) mass is 371 g/mol. The molecule has 0 saturated heterocycles. The minimum Gasteiger partial charge on any atom is -0.355 e. The number of amides is 1. The number of carbonyl (C=O) groups excluding carboxylic acids is 2. The summed E-state index contributed by atoms with van der Waals surface area (Å²) in [6, 6.07) is 25.8. The summed E-state index contributed by atoms with van der Waals surface area (Å²) < 4.78 is 0. The van der Waals surface area contributed by atoms with E-state index in [-0.39, 0.29) is 18.1 Å². The van der Waals surface area contributed by atoms with E-state index < -0.39 is 0 Å². The van der Waals surface area contributed by atoms with Crippen molar-refractivity contribution in [3.8, 4) is 11.1 Å². The maximum atomic E-state index is 12.3. The zero-order chi connectivity index (χ0) is 19.8. The molecule has 0 spiro atoms. The van der Waals surface area contributed by atoms with E-state index in [0.29, 0.717) is 12.1 Å². The van der Waals surface area contributed by atoms with E-state index in [0.717, 1.165) is 24.0 Å². The molecule has 0 aromatic heterocycles. The smallest absolute Gasteiger partial charge is 0.227 e. The standard InChI is InChI=1S/C25H25NO2/c1-2-19-8-10-20(11-9-19)16-17-26-25(28)18-24(27)23-14-12-22(13-15-23)21-6-4-3-5-7-21/h3-15H,2,16-18H2,1H3,(H,26,28). The SMILES string of the molecule is CCc1ccc(CCNC(=O)CC(=O)c2ccc(-c3ccccc3)cc2)cc1. The van der Waals surface area contributed by atoms with Gasteiger partial charge in [-0.1, -0.05) is 85.8 Å². The van der Waals surface area contributed by atoms with Crippen molar-refractivity contribution in [1.29, 1.82) is 0 Å². The summed E-state index contributed by atoms with van der Waals surface area (Å²) in [4.78, 5) is 24.4. The molecule has 0 atom stereocenters. The van der Waals surface area contributed by atoms with E-state index in [1.807, 2.05) is 42.5 Å². The second kappa shape index (κ2) is 9.65. The highest BCUT2D eigenvalue weighted by Crippen LogP contribution is 2.19. The highest BCUT2D eigenvalue weighted by atomic mass is 16.2. The Morgan fingerprint density at radius 1 is 0.750 bits per heavy atom. The first kappa shape index (κ1) is 19.6. The lowest BCUT2D eigenvalue weighted by Crippen LogP contribution is -2.27. The summed E-state index contributed by atoms with van der Waals surface area (Å²) in [5.41, 5.74) is 5.20.